The first kappa shape index (κ1) is 13.1. The van der Waals surface area contributed by atoms with Gasteiger partial charge in [0.25, 0.3) is 0 Å². The Kier molecular flexibility index (Phi) is 8.09. The molecule has 10 heavy (non-hydrogen) atoms. The lowest BCUT2D eigenvalue weighted by Gasteiger charge is -2.10. The Morgan fingerprint density at radius 3 is 2.10 bits per heavy atom. The SMILES string of the molecule is Cl.Cl.NN[C@@H]1CCC[C@H]1O. The summed E-state index contributed by atoms with van der Waals surface area (Å²) >= 11 is 0. The molecule has 0 saturated heterocycles. The van der Waals surface area contributed by atoms with Crippen LogP contribution in [0, 0.1) is 0 Å². The zero-order valence-corrected chi connectivity index (χ0v) is 7.25. The van der Waals surface area contributed by atoms with E-state index < -0.39 is 0 Å². The molecule has 0 spiro atoms. The van der Waals surface area contributed by atoms with Crippen molar-refractivity contribution in [3.63, 3.8) is 0 Å². The molecule has 0 bridgehead atoms. The van der Waals surface area contributed by atoms with Crippen molar-refractivity contribution in [2.45, 2.75) is 31.4 Å². The van der Waals surface area contributed by atoms with Gasteiger partial charge in [-0.25, -0.2) is 0 Å². The molecule has 0 radical (unpaired) electrons. The van der Waals surface area contributed by atoms with E-state index in [4.69, 9.17) is 10.9 Å². The molecule has 1 rings (SSSR count). The van der Waals surface area contributed by atoms with E-state index in [1.54, 1.807) is 0 Å². The molecule has 1 saturated carbocycles. The zero-order chi connectivity index (χ0) is 5.98. The highest BCUT2D eigenvalue weighted by Gasteiger charge is 2.23. The number of aliphatic hydroxyl groups excluding tert-OH is 1. The number of hydrazine groups is 1. The molecule has 0 aromatic heterocycles. The molecule has 0 aromatic carbocycles. The van der Waals surface area contributed by atoms with Crippen LogP contribution in [0.5, 0.6) is 0 Å². The Bertz CT molecular complexity index is 84.0. The summed E-state index contributed by atoms with van der Waals surface area (Å²) in [5, 5.41) is 9.05. The Hall–Kier alpha value is 0.460. The number of nitrogens with one attached hydrogen (secondary N) is 1. The zero-order valence-electron chi connectivity index (χ0n) is 5.62. The molecule has 4 N–H and O–H groups in total. The van der Waals surface area contributed by atoms with Crippen LogP contribution in [0.3, 0.4) is 0 Å². The van der Waals surface area contributed by atoms with Crippen molar-refractivity contribution in [2.75, 3.05) is 0 Å². The molecule has 0 unspecified atom stereocenters. The maximum atomic E-state index is 9.05. The van der Waals surface area contributed by atoms with Crippen LogP contribution in [0.2, 0.25) is 0 Å². The standard InChI is InChI=1S/C5H12N2O.2ClH/c6-7-4-2-1-3-5(4)8;;/h4-5,7-8H,1-3,6H2;2*1H/t4-,5-;;/m1../s1. The third-order valence-electron chi connectivity index (χ3n) is 1.69. The summed E-state index contributed by atoms with van der Waals surface area (Å²) in [4.78, 5) is 0. The Balaban J connectivity index is 0. The van der Waals surface area contributed by atoms with E-state index >= 15 is 0 Å². The topological polar surface area (TPSA) is 58.3 Å². The lowest BCUT2D eigenvalue weighted by atomic mass is 10.2. The van der Waals surface area contributed by atoms with Crippen LogP contribution in [0.1, 0.15) is 19.3 Å². The van der Waals surface area contributed by atoms with Gasteiger partial charge in [0.2, 0.25) is 0 Å². The van der Waals surface area contributed by atoms with Crippen molar-refractivity contribution >= 4 is 24.8 Å². The average molecular weight is 189 g/mol. The van der Waals surface area contributed by atoms with Gasteiger partial charge in [-0.05, 0) is 19.3 Å². The van der Waals surface area contributed by atoms with Gasteiger partial charge in [-0.1, -0.05) is 0 Å². The number of nitrogens with two attached hydrogens (primary N) is 1. The fourth-order valence-corrected chi connectivity index (χ4v) is 1.13. The van der Waals surface area contributed by atoms with Crippen LogP contribution >= 0.6 is 24.8 Å². The first-order valence-corrected chi connectivity index (χ1v) is 2.99. The highest BCUT2D eigenvalue weighted by molar-refractivity contribution is 5.85. The molecule has 5 heteroatoms. The third kappa shape index (κ3) is 3.03. The van der Waals surface area contributed by atoms with Crippen LogP contribution in [-0.4, -0.2) is 17.3 Å². The lowest BCUT2D eigenvalue weighted by Crippen LogP contribution is -2.40. The summed E-state index contributed by atoms with van der Waals surface area (Å²) in [6.45, 7) is 0. The number of rotatable bonds is 1. The number of halogens is 2. The minimum atomic E-state index is -0.208. The second kappa shape index (κ2) is 6.19. The van der Waals surface area contributed by atoms with Crippen LogP contribution < -0.4 is 11.3 Å². The van der Waals surface area contributed by atoms with Gasteiger partial charge >= 0.3 is 0 Å². The monoisotopic (exact) mass is 188 g/mol. The minimum absolute atomic E-state index is 0. The molecule has 1 fully saturated rings. The predicted octanol–water partition coefficient (Wildman–Crippen LogP) is 0.207. The summed E-state index contributed by atoms with van der Waals surface area (Å²) in [7, 11) is 0. The molecule has 0 amide bonds. The van der Waals surface area contributed by atoms with E-state index in [9.17, 15) is 0 Å². The molecule has 3 nitrogen and oxygen atoms in total. The molecule has 64 valence electrons. The van der Waals surface area contributed by atoms with Crippen molar-refractivity contribution in [2.24, 2.45) is 5.84 Å². The summed E-state index contributed by atoms with van der Waals surface area (Å²) in [6.07, 6.45) is 2.79. The van der Waals surface area contributed by atoms with E-state index in [0.29, 0.717) is 0 Å². The first-order chi connectivity index (χ1) is 3.84. The number of aliphatic hydroxyl groups is 1. The Labute approximate surface area is 73.2 Å². The van der Waals surface area contributed by atoms with Crippen molar-refractivity contribution in [3.05, 3.63) is 0 Å². The van der Waals surface area contributed by atoms with Crippen LogP contribution in [0.15, 0.2) is 0 Å². The number of hydrogen-bond acceptors (Lipinski definition) is 3. The summed E-state index contributed by atoms with van der Waals surface area (Å²) in [6, 6.07) is 0.148. The van der Waals surface area contributed by atoms with Gasteiger partial charge in [0.05, 0.1) is 6.10 Å². The third-order valence-corrected chi connectivity index (χ3v) is 1.69. The fourth-order valence-electron chi connectivity index (χ4n) is 1.13. The van der Waals surface area contributed by atoms with Gasteiger partial charge in [0.1, 0.15) is 0 Å². The van der Waals surface area contributed by atoms with Gasteiger partial charge in [-0.15, -0.1) is 24.8 Å². The lowest BCUT2D eigenvalue weighted by molar-refractivity contribution is 0.150. The van der Waals surface area contributed by atoms with E-state index in [1.807, 2.05) is 0 Å². The van der Waals surface area contributed by atoms with Gasteiger partial charge in [-0.2, -0.15) is 0 Å². The molecule has 1 aliphatic rings. The van der Waals surface area contributed by atoms with E-state index in [1.165, 1.54) is 0 Å². The molecule has 2 atom stereocenters. The van der Waals surface area contributed by atoms with E-state index in [0.717, 1.165) is 19.3 Å². The molecule has 1 aliphatic carbocycles. The Morgan fingerprint density at radius 1 is 1.30 bits per heavy atom. The van der Waals surface area contributed by atoms with Crippen molar-refractivity contribution < 1.29 is 5.11 Å². The minimum Gasteiger partial charge on any atom is -0.391 e. The molecular formula is C5H14Cl2N2O. The molecule has 0 heterocycles. The van der Waals surface area contributed by atoms with Gasteiger partial charge in [0, 0.05) is 6.04 Å². The second-order valence-electron chi connectivity index (χ2n) is 2.27. The van der Waals surface area contributed by atoms with Gasteiger partial charge in [-0.3, -0.25) is 11.3 Å². The molecular weight excluding hydrogens is 175 g/mol. The largest absolute Gasteiger partial charge is 0.391 e. The van der Waals surface area contributed by atoms with Gasteiger partial charge < -0.3 is 5.11 Å². The quantitative estimate of drug-likeness (QED) is 0.408. The first-order valence-electron chi connectivity index (χ1n) is 2.99. The molecule has 0 aliphatic heterocycles. The summed E-state index contributed by atoms with van der Waals surface area (Å²) in [5.74, 6) is 5.11. The smallest absolute Gasteiger partial charge is 0.0706 e. The summed E-state index contributed by atoms with van der Waals surface area (Å²) < 4.78 is 0. The summed E-state index contributed by atoms with van der Waals surface area (Å²) in [5.41, 5.74) is 2.56. The van der Waals surface area contributed by atoms with Crippen molar-refractivity contribution in [1.82, 2.24) is 5.43 Å². The fraction of sp³-hybridized carbons (Fsp3) is 1.00. The highest BCUT2D eigenvalue weighted by atomic mass is 35.5. The maximum absolute atomic E-state index is 9.05. The van der Waals surface area contributed by atoms with Crippen LogP contribution in [0.25, 0.3) is 0 Å². The number of hydrogen-bond donors (Lipinski definition) is 3. The van der Waals surface area contributed by atoms with Crippen molar-refractivity contribution in [1.29, 1.82) is 0 Å². The van der Waals surface area contributed by atoms with Crippen LogP contribution in [0.4, 0.5) is 0 Å². The van der Waals surface area contributed by atoms with E-state index in [2.05, 4.69) is 5.43 Å². The normalized spacial score (nSPS) is 30.6. The predicted molar refractivity (Wildman–Crippen MR) is 45.5 cm³/mol. The Morgan fingerprint density at radius 2 is 1.90 bits per heavy atom. The maximum Gasteiger partial charge on any atom is 0.0706 e. The average Bonchev–Trinajstić information content (AvgIpc) is 2.14. The van der Waals surface area contributed by atoms with Crippen molar-refractivity contribution in [3.8, 4) is 0 Å². The second-order valence-corrected chi connectivity index (χ2v) is 2.27. The van der Waals surface area contributed by atoms with E-state index in [-0.39, 0.29) is 37.0 Å². The van der Waals surface area contributed by atoms with Crippen LogP contribution in [-0.2, 0) is 0 Å². The molecule has 0 aromatic rings. The highest BCUT2D eigenvalue weighted by Crippen LogP contribution is 2.17. The van der Waals surface area contributed by atoms with Gasteiger partial charge in [0.15, 0.2) is 0 Å².